The van der Waals surface area contributed by atoms with Gasteiger partial charge in [0.05, 0.1) is 6.42 Å². The van der Waals surface area contributed by atoms with E-state index in [9.17, 15) is 19.1 Å². The lowest BCUT2D eigenvalue weighted by Crippen LogP contribution is -2.48. The highest BCUT2D eigenvalue weighted by Gasteiger charge is 2.41. The number of carboxylic acid groups (broad SMARTS) is 1. The summed E-state index contributed by atoms with van der Waals surface area (Å²) in [6.07, 6.45) is -0.671. The van der Waals surface area contributed by atoms with E-state index in [0.717, 1.165) is 34.4 Å². The molecule has 152 valence electrons. The number of fused-ring (bicyclic) bond motifs is 3. The Labute approximate surface area is 172 Å². The van der Waals surface area contributed by atoms with E-state index in [0.29, 0.717) is 0 Å². The summed E-state index contributed by atoms with van der Waals surface area (Å²) in [5.41, 5.74) is 8.71. The molecule has 1 atom stereocenters. The van der Waals surface area contributed by atoms with E-state index in [4.69, 9.17) is 10.5 Å². The van der Waals surface area contributed by atoms with Gasteiger partial charge in [-0.3, -0.25) is 4.79 Å². The Kier molecular flexibility index (Phi) is 5.10. The Morgan fingerprint density at radius 3 is 2.00 bits per heavy atom. The van der Waals surface area contributed by atoms with Crippen LogP contribution >= 0.6 is 0 Å². The second-order valence-corrected chi connectivity index (χ2v) is 7.37. The van der Waals surface area contributed by atoms with Gasteiger partial charge in [0, 0.05) is 5.92 Å². The summed E-state index contributed by atoms with van der Waals surface area (Å²) >= 11 is 0. The van der Waals surface area contributed by atoms with Crippen molar-refractivity contribution in [2.24, 2.45) is 5.73 Å². The number of rotatable bonds is 6. The van der Waals surface area contributed by atoms with Crippen molar-refractivity contribution in [3.05, 3.63) is 95.3 Å². The summed E-state index contributed by atoms with van der Waals surface area (Å²) in [7, 11) is 0. The van der Waals surface area contributed by atoms with Gasteiger partial charge >= 0.3 is 11.9 Å². The molecule has 4 rings (SSSR count). The van der Waals surface area contributed by atoms with Crippen molar-refractivity contribution in [2.75, 3.05) is 6.61 Å². The van der Waals surface area contributed by atoms with Crippen LogP contribution in [0, 0.1) is 5.82 Å². The molecule has 0 aromatic heterocycles. The standard InChI is InChI=1S/C24H20FNO4/c25-16-11-9-15(10-12-16)24(26,13-22(27)28)23(29)30-14-21-19-7-3-1-5-17(19)18-6-2-4-8-20(18)21/h1-12,21H,13-14,26H2,(H,27,28). The van der Waals surface area contributed by atoms with E-state index >= 15 is 0 Å². The minimum atomic E-state index is -1.92. The third kappa shape index (κ3) is 3.46. The topological polar surface area (TPSA) is 89.6 Å². The first-order chi connectivity index (χ1) is 14.4. The largest absolute Gasteiger partial charge is 0.481 e. The molecular weight excluding hydrogens is 385 g/mol. The zero-order valence-corrected chi connectivity index (χ0v) is 16.0. The number of benzene rings is 3. The van der Waals surface area contributed by atoms with Crippen LogP contribution in [0.1, 0.15) is 29.0 Å². The summed E-state index contributed by atoms with van der Waals surface area (Å²) in [5, 5.41) is 9.29. The van der Waals surface area contributed by atoms with E-state index in [1.807, 2.05) is 48.5 Å². The Balaban J connectivity index is 1.61. The van der Waals surface area contributed by atoms with Crippen LogP contribution in [-0.2, 0) is 19.9 Å². The molecule has 1 aliphatic carbocycles. The van der Waals surface area contributed by atoms with E-state index in [2.05, 4.69) is 0 Å². The van der Waals surface area contributed by atoms with Gasteiger partial charge in [0.1, 0.15) is 12.4 Å². The zero-order valence-electron chi connectivity index (χ0n) is 16.0. The molecule has 1 unspecified atom stereocenters. The molecule has 0 amide bonds. The number of ether oxygens (including phenoxy) is 1. The van der Waals surface area contributed by atoms with Gasteiger partial charge in [0.15, 0.2) is 5.54 Å². The van der Waals surface area contributed by atoms with Crippen molar-refractivity contribution in [3.8, 4) is 11.1 Å². The molecule has 0 heterocycles. The Morgan fingerprint density at radius 1 is 0.933 bits per heavy atom. The Bertz CT molecular complexity index is 1070. The van der Waals surface area contributed by atoms with Gasteiger partial charge in [-0.25, -0.2) is 9.18 Å². The number of aliphatic carboxylic acids is 1. The highest BCUT2D eigenvalue weighted by atomic mass is 19.1. The molecule has 0 fully saturated rings. The van der Waals surface area contributed by atoms with Crippen LogP contribution in [-0.4, -0.2) is 23.7 Å². The number of carboxylic acids is 1. The lowest BCUT2D eigenvalue weighted by molar-refractivity contribution is -0.155. The van der Waals surface area contributed by atoms with Gasteiger partial charge in [-0.2, -0.15) is 0 Å². The lowest BCUT2D eigenvalue weighted by Gasteiger charge is -2.27. The van der Waals surface area contributed by atoms with Crippen molar-refractivity contribution >= 4 is 11.9 Å². The van der Waals surface area contributed by atoms with Crippen molar-refractivity contribution in [2.45, 2.75) is 17.9 Å². The Morgan fingerprint density at radius 2 is 1.47 bits per heavy atom. The fraction of sp³-hybridized carbons (Fsp3) is 0.167. The SMILES string of the molecule is NC(CC(=O)O)(C(=O)OCC1c2ccccc2-c2ccccc21)c1ccc(F)cc1. The number of esters is 1. The number of hydrogen-bond donors (Lipinski definition) is 2. The summed E-state index contributed by atoms with van der Waals surface area (Å²) in [6, 6.07) is 20.7. The van der Waals surface area contributed by atoms with Crippen LogP contribution in [0.3, 0.4) is 0 Å². The molecule has 0 aliphatic heterocycles. The highest BCUT2D eigenvalue weighted by Crippen LogP contribution is 2.44. The van der Waals surface area contributed by atoms with Gasteiger partial charge in [0.25, 0.3) is 0 Å². The number of hydrogen-bond acceptors (Lipinski definition) is 4. The smallest absolute Gasteiger partial charge is 0.331 e. The molecule has 0 bridgehead atoms. The number of carbonyl (C=O) groups is 2. The normalized spacial score (nSPS) is 14.5. The maximum Gasteiger partial charge on any atom is 0.331 e. The Hall–Kier alpha value is -3.51. The van der Waals surface area contributed by atoms with E-state index in [1.54, 1.807) is 0 Å². The molecule has 3 aromatic carbocycles. The van der Waals surface area contributed by atoms with Crippen LogP contribution in [0.15, 0.2) is 72.8 Å². The zero-order chi connectivity index (χ0) is 21.3. The molecule has 0 saturated carbocycles. The fourth-order valence-corrected chi connectivity index (χ4v) is 4.01. The molecular formula is C24H20FNO4. The second-order valence-electron chi connectivity index (χ2n) is 7.37. The third-order valence-electron chi connectivity index (χ3n) is 5.50. The van der Waals surface area contributed by atoms with Crippen LogP contribution < -0.4 is 5.73 Å². The van der Waals surface area contributed by atoms with Crippen molar-refractivity contribution in [3.63, 3.8) is 0 Å². The summed E-state index contributed by atoms with van der Waals surface area (Å²) < 4.78 is 18.9. The molecule has 6 heteroatoms. The maximum atomic E-state index is 13.3. The molecule has 1 aliphatic rings. The van der Waals surface area contributed by atoms with Crippen molar-refractivity contribution in [1.82, 2.24) is 0 Å². The van der Waals surface area contributed by atoms with Crippen LogP contribution in [0.5, 0.6) is 0 Å². The first kappa shape index (κ1) is 19.8. The molecule has 0 spiro atoms. The average molecular weight is 405 g/mol. The number of halogens is 1. The van der Waals surface area contributed by atoms with Crippen LogP contribution in [0.4, 0.5) is 4.39 Å². The number of nitrogens with two attached hydrogens (primary N) is 1. The third-order valence-corrected chi connectivity index (χ3v) is 5.50. The van der Waals surface area contributed by atoms with Gasteiger partial charge in [-0.05, 0) is 39.9 Å². The van der Waals surface area contributed by atoms with Crippen molar-refractivity contribution in [1.29, 1.82) is 0 Å². The van der Waals surface area contributed by atoms with E-state index in [1.165, 1.54) is 12.1 Å². The maximum absolute atomic E-state index is 13.3. The highest BCUT2D eigenvalue weighted by molar-refractivity contribution is 5.88. The second kappa shape index (κ2) is 7.72. The van der Waals surface area contributed by atoms with Gasteiger partial charge in [-0.15, -0.1) is 0 Å². The van der Waals surface area contributed by atoms with Crippen LogP contribution in [0.25, 0.3) is 11.1 Å². The predicted octanol–water partition coefficient (Wildman–Crippen LogP) is 3.81. The molecule has 0 saturated heterocycles. The van der Waals surface area contributed by atoms with Gasteiger partial charge < -0.3 is 15.6 Å². The molecule has 3 aromatic rings. The van der Waals surface area contributed by atoms with Gasteiger partial charge in [0.2, 0.25) is 0 Å². The molecule has 5 nitrogen and oxygen atoms in total. The monoisotopic (exact) mass is 405 g/mol. The summed E-state index contributed by atoms with van der Waals surface area (Å²) in [5.74, 6) is -2.80. The average Bonchev–Trinajstić information content (AvgIpc) is 3.05. The number of carbonyl (C=O) groups excluding carboxylic acids is 1. The predicted molar refractivity (Wildman–Crippen MR) is 109 cm³/mol. The molecule has 0 radical (unpaired) electrons. The first-order valence-electron chi connectivity index (χ1n) is 9.52. The molecule has 3 N–H and O–H groups in total. The van der Waals surface area contributed by atoms with Crippen molar-refractivity contribution < 1.29 is 23.8 Å². The van der Waals surface area contributed by atoms with Gasteiger partial charge in [-0.1, -0.05) is 60.7 Å². The molecule has 30 heavy (non-hydrogen) atoms. The minimum Gasteiger partial charge on any atom is -0.481 e. The minimum absolute atomic E-state index is 0.0205. The van der Waals surface area contributed by atoms with E-state index < -0.39 is 29.7 Å². The van der Waals surface area contributed by atoms with E-state index in [-0.39, 0.29) is 18.1 Å². The quantitative estimate of drug-likeness (QED) is 0.609. The summed E-state index contributed by atoms with van der Waals surface area (Å²) in [6.45, 7) is 0.0205. The lowest BCUT2D eigenvalue weighted by atomic mass is 9.87. The van der Waals surface area contributed by atoms with Crippen LogP contribution in [0.2, 0.25) is 0 Å². The fourth-order valence-electron chi connectivity index (χ4n) is 4.01. The summed E-state index contributed by atoms with van der Waals surface area (Å²) in [4.78, 5) is 24.3. The first-order valence-corrected chi connectivity index (χ1v) is 9.52.